The average Bonchev–Trinajstić information content (AvgIpc) is 2.86. The zero-order chi connectivity index (χ0) is 10.8. The number of hydrogen-bond donors (Lipinski definition) is 1. The molecule has 1 N–H and O–H groups in total. The van der Waals surface area contributed by atoms with Crippen molar-refractivity contribution in [3.63, 3.8) is 0 Å². The second kappa shape index (κ2) is 3.70. The van der Waals surface area contributed by atoms with E-state index in [0.717, 1.165) is 11.3 Å². The summed E-state index contributed by atoms with van der Waals surface area (Å²) in [7, 11) is 0. The Morgan fingerprint density at radius 2 is 2.13 bits per heavy atom. The largest absolute Gasteiger partial charge is 0.477 e. The Bertz CT molecular complexity index is 509. The molecule has 0 saturated carbocycles. The van der Waals surface area contributed by atoms with Crippen molar-refractivity contribution in [3.8, 4) is 10.6 Å². The minimum atomic E-state index is -0.964. The van der Waals surface area contributed by atoms with Gasteiger partial charge in [0.05, 0.1) is 4.88 Å². The van der Waals surface area contributed by atoms with Crippen molar-refractivity contribution in [3.05, 3.63) is 34.9 Å². The second-order valence-electron chi connectivity index (χ2n) is 2.79. The lowest BCUT2D eigenvalue weighted by Gasteiger charge is -1.88. The van der Waals surface area contributed by atoms with E-state index in [2.05, 4.69) is 0 Å². The third-order valence-electron chi connectivity index (χ3n) is 1.80. The smallest absolute Gasteiger partial charge is 0.345 e. The fourth-order valence-electron chi connectivity index (χ4n) is 1.13. The highest BCUT2D eigenvalue weighted by molar-refractivity contribution is 7.17. The topological polar surface area (TPSA) is 67.5 Å². The summed E-state index contributed by atoms with van der Waals surface area (Å²) in [5.74, 6) is -0.224. The number of carboxylic acids is 1. The quantitative estimate of drug-likeness (QED) is 0.810. The summed E-state index contributed by atoms with van der Waals surface area (Å²) >= 11 is 1.11. The third kappa shape index (κ3) is 1.82. The van der Waals surface area contributed by atoms with Crippen LogP contribution < -0.4 is 0 Å². The van der Waals surface area contributed by atoms with Gasteiger partial charge in [0.1, 0.15) is 10.6 Å². The minimum Gasteiger partial charge on any atom is -0.477 e. The lowest BCUT2D eigenvalue weighted by molar-refractivity contribution is 0.0702. The van der Waals surface area contributed by atoms with Crippen LogP contribution in [-0.4, -0.2) is 17.4 Å². The van der Waals surface area contributed by atoms with Gasteiger partial charge in [-0.05, 0) is 24.3 Å². The number of hydrogen-bond acceptors (Lipinski definition) is 4. The van der Waals surface area contributed by atoms with E-state index in [0.29, 0.717) is 16.9 Å². The molecule has 0 saturated heterocycles. The zero-order valence-corrected chi connectivity index (χ0v) is 8.28. The lowest BCUT2D eigenvalue weighted by Crippen LogP contribution is -1.89. The van der Waals surface area contributed by atoms with Crippen LogP contribution in [0.1, 0.15) is 20.2 Å². The normalized spacial score (nSPS) is 10.1. The highest BCUT2D eigenvalue weighted by Gasteiger charge is 2.10. The molecular formula is C10H6O4S. The molecule has 2 rings (SSSR count). The molecule has 0 unspecified atom stereocenters. The van der Waals surface area contributed by atoms with Gasteiger partial charge in [-0.1, -0.05) is 0 Å². The number of aldehydes is 1. The SMILES string of the molecule is O=Cc1ccc(-c2ccc(C(=O)O)s2)o1. The molecule has 0 atom stereocenters. The van der Waals surface area contributed by atoms with Crippen LogP contribution in [0.15, 0.2) is 28.7 Å². The van der Waals surface area contributed by atoms with Crippen molar-refractivity contribution in [2.24, 2.45) is 0 Å². The molecule has 0 amide bonds. The van der Waals surface area contributed by atoms with Crippen molar-refractivity contribution >= 4 is 23.6 Å². The van der Waals surface area contributed by atoms with Crippen molar-refractivity contribution in [1.82, 2.24) is 0 Å². The van der Waals surface area contributed by atoms with Crippen LogP contribution in [0, 0.1) is 0 Å². The van der Waals surface area contributed by atoms with Gasteiger partial charge in [0, 0.05) is 0 Å². The minimum absolute atomic E-state index is 0.232. The van der Waals surface area contributed by atoms with Crippen molar-refractivity contribution in [1.29, 1.82) is 0 Å². The second-order valence-corrected chi connectivity index (χ2v) is 3.87. The molecule has 0 radical (unpaired) electrons. The molecule has 0 aromatic carbocycles. The molecule has 0 aliphatic rings. The first-order chi connectivity index (χ1) is 7.20. The van der Waals surface area contributed by atoms with Gasteiger partial charge in [-0.25, -0.2) is 4.79 Å². The molecule has 15 heavy (non-hydrogen) atoms. The van der Waals surface area contributed by atoms with Gasteiger partial charge >= 0.3 is 5.97 Å². The lowest BCUT2D eigenvalue weighted by atomic mass is 10.3. The monoisotopic (exact) mass is 222 g/mol. The Morgan fingerprint density at radius 3 is 2.67 bits per heavy atom. The Labute approximate surface area is 88.8 Å². The zero-order valence-electron chi connectivity index (χ0n) is 7.47. The Hall–Kier alpha value is -1.88. The Morgan fingerprint density at radius 1 is 1.33 bits per heavy atom. The first kappa shape index (κ1) is 9.67. The van der Waals surface area contributed by atoms with Crippen LogP contribution in [-0.2, 0) is 0 Å². The predicted molar refractivity (Wildman–Crippen MR) is 54.4 cm³/mol. The number of rotatable bonds is 3. The van der Waals surface area contributed by atoms with Gasteiger partial charge in [-0.15, -0.1) is 11.3 Å². The van der Waals surface area contributed by atoms with Gasteiger partial charge in [0.25, 0.3) is 0 Å². The van der Waals surface area contributed by atoms with Crippen LogP contribution in [0.3, 0.4) is 0 Å². The number of carbonyl (C=O) groups excluding carboxylic acids is 1. The van der Waals surface area contributed by atoms with Gasteiger partial charge in [0.15, 0.2) is 12.0 Å². The number of carbonyl (C=O) groups is 2. The molecular weight excluding hydrogens is 216 g/mol. The van der Waals surface area contributed by atoms with Crippen molar-refractivity contribution < 1.29 is 19.1 Å². The standard InChI is InChI=1S/C10H6O4S/c11-5-6-1-2-7(14-6)8-3-4-9(15-8)10(12)13/h1-5H,(H,12,13). The maximum atomic E-state index is 10.6. The predicted octanol–water partition coefficient (Wildman–Crippen LogP) is 2.52. The van der Waals surface area contributed by atoms with E-state index in [9.17, 15) is 9.59 Å². The summed E-state index contributed by atoms with van der Waals surface area (Å²) in [6.07, 6.45) is 0.606. The van der Waals surface area contributed by atoms with E-state index in [4.69, 9.17) is 9.52 Å². The van der Waals surface area contributed by atoms with E-state index in [1.165, 1.54) is 6.07 Å². The molecule has 0 fully saturated rings. The van der Waals surface area contributed by atoms with E-state index in [1.807, 2.05) is 0 Å². The van der Waals surface area contributed by atoms with Crippen LogP contribution in [0.2, 0.25) is 0 Å². The van der Waals surface area contributed by atoms with Gasteiger partial charge in [0.2, 0.25) is 0 Å². The van der Waals surface area contributed by atoms with Crippen molar-refractivity contribution in [2.45, 2.75) is 0 Å². The highest BCUT2D eigenvalue weighted by atomic mass is 32.1. The van der Waals surface area contributed by atoms with E-state index < -0.39 is 5.97 Å². The molecule has 4 nitrogen and oxygen atoms in total. The molecule has 0 bridgehead atoms. The van der Waals surface area contributed by atoms with Crippen LogP contribution in [0.5, 0.6) is 0 Å². The van der Waals surface area contributed by atoms with Crippen molar-refractivity contribution in [2.75, 3.05) is 0 Å². The molecule has 0 spiro atoms. The molecule has 5 heteroatoms. The van der Waals surface area contributed by atoms with E-state index in [1.54, 1.807) is 18.2 Å². The maximum Gasteiger partial charge on any atom is 0.345 e. The summed E-state index contributed by atoms with van der Waals surface area (Å²) < 4.78 is 5.16. The first-order valence-corrected chi connectivity index (χ1v) is 4.91. The number of thiophene rings is 1. The van der Waals surface area contributed by atoms with E-state index >= 15 is 0 Å². The Kier molecular flexibility index (Phi) is 2.39. The van der Waals surface area contributed by atoms with Gasteiger partial charge in [-0.3, -0.25) is 4.79 Å². The summed E-state index contributed by atoms with van der Waals surface area (Å²) in [5.41, 5.74) is 0. The molecule has 2 aromatic heterocycles. The van der Waals surface area contributed by atoms with Crippen LogP contribution in [0.4, 0.5) is 0 Å². The third-order valence-corrected chi connectivity index (χ3v) is 2.89. The fraction of sp³-hybridized carbons (Fsp3) is 0. The molecule has 0 aliphatic heterocycles. The molecule has 76 valence electrons. The molecule has 2 aromatic rings. The van der Waals surface area contributed by atoms with Crippen LogP contribution in [0.25, 0.3) is 10.6 Å². The number of furan rings is 1. The maximum absolute atomic E-state index is 10.6. The summed E-state index contributed by atoms with van der Waals surface area (Å²) in [4.78, 5) is 22.0. The Balaban J connectivity index is 2.36. The highest BCUT2D eigenvalue weighted by Crippen LogP contribution is 2.29. The summed E-state index contributed by atoms with van der Waals surface area (Å²) in [5, 5.41) is 8.72. The summed E-state index contributed by atoms with van der Waals surface area (Å²) in [6.45, 7) is 0. The molecule has 0 aliphatic carbocycles. The fourth-order valence-corrected chi connectivity index (χ4v) is 1.94. The molecule has 2 heterocycles. The van der Waals surface area contributed by atoms with E-state index in [-0.39, 0.29) is 10.6 Å². The first-order valence-electron chi connectivity index (χ1n) is 4.09. The van der Waals surface area contributed by atoms with Gasteiger partial charge < -0.3 is 9.52 Å². The van der Waals surface area contributed by atoms with Gasteiger partial charge in [-0.2, -0.15) is 0 Å². The average molecular weight is 222 g/mol. The summed E-state index contributed by atoms with van der Waals surface area (Å²) in [6, 6.07) is 6.34. The number of aromatic carboxylic acids is 1. The van der Waals surface area contributed by atoms with Crippen LogP contribution >= 0.6 is 11.3 Å². The number of carboxylic acid groups (broad SMARTS) is 1.